The number of nitrogens with one attached hydrogen (secondary N) is 2. The largest absolute Gasteiger partial charge is 0.350 e. The zero-order chi connectivity index (χ0) is 14.5. The van der Waals surface area contributed by atoms with Crippen molar-refractivity contribution in [3.8, 4) is 0 Å². The van der Waals surface area contributed by atoms with Gasteiger partial charge >= 0.3 is 0 Å². The fourth-order valence-corrected chi connectivity index (χ4v) is 2.57. The van der Waals surface area contributed by atoms with Crippen LogP contribution >= 0.6 is 0 Å². The first-order valence-corrected chi connectivity index (χ1v) is 7.75. The van der Waals surface area contributed by atoms with Crippen LogP contribution in [-0.2, 0) is 0 Å². The highest BCUT2D eigenvalue weighted by atomic mass is 16.1. The topological polar surface area (TPSA) is 46.1 Å². The fourth-order valence-electron chi connectivity index (χ4n) is 2.57. The van der Waals surface area contributed by atoms with Gasteiger partial charge in [-0.05, 0) is 49.9 Å². The van der Waals surface area contributed by atoms with Crippen LogP contribution in [0.1, 0.15) is 50.1 Å². The van der Waals surface area contributed by atoms with E-state index in [1.807, 2.05) is 18.3 Å². The molecule has 1 fully saturated rings. The van der Waals surface area contributed by atoms with Gasteiger partial charge in [0, 0.05) is 18.8 Å². The molecule has 0 spiro atoms. The van der Waals surface area contributed by atoms with Crippen LogP contribution in [0.3, 0.4) is 0 Å². The predicted molar refractivity (Wildman–Crippen MR) is 81.9 cm³/mol. The summed E-state index contributed by atoms with van der Waals surface area (Å²) in [5.74, 6) is 1.15. The van der Waals surface area contributed by atoms with E-state index in [9.17, 15) is 4.79 Å². The van der Waals surface area contributed by atoms with Gasteiger partial charge in [-0.2, -0.15) is 0 Å². The Morgan fingerprint density at radius 2 is 2.10 bits per heavy atom. The van der Waals surface area contributed by atoms with Gasteiger partial charge in [-0.15, -0.1) is 0 Å². The SMILES string of the molecule is CC(C)C(C)CNC(=O)c1cccn1C1CCNCC1. The second kappa shape index (κ2) is 6.93. The summed E-state index contributed by atoms with van der Waals surface area (Å²) in [6.45, 7) is 9.37. The monoisotopic (exact) mass is 277 g/mol. The first-order chi connectivity index (χ1) is 9.59. The smallest absolute Gasteiger partial charge is 0.267 e. The first kappa shape index (κ1) is 15.1. The fraction of sp³-hybridized carbons (Fsp3) is 0.688. The number of rotatable bonds is 5. The van der Waals surface area contributed by atoms with E-state index in [0.29, 0.717) is 17.9 Å². The van der Waals surface area contributed by atoms with Crippen LogP contribution in [0.15, 0.2) is 18.3 Å². The first-order valence-electron chi connectivity index (χ1n) is 7.75. The van der Waals surface area contributed by atoms with Crippen molar-refractivity contribution in [1.82, 2.24) is 15.2 Å². The number of hydrogen-bond donors (Lipinski definition) is 2. The van der Waals surface area contributed by atoms with E-state index in [1.54, 1.807) is 0 Å². The second-order valence-corrected chi connectivity index (χ2v) is 6.21. The lowest BCUT2D eigenvalue weighted by atomic mass is 9.98. The number of hydrogen-bond acceptors (Lipinski definition) is 2. The van der Waals surface area contributed by atoms with Gasteiger partial charge in [0.1, 0.15) is 5.69 Å². The number of carbonyl (C=O) groups excluding carboxylic acids is 1. The summed E-state index contributed by atoms with van der Waals surface area (Å²) >= 11 is 0. The maximum Gasteiger partial charge on any atom is 0.267 e. The van der Waals surface area contributed by atoms with Crippen LogP contribution in [0.2, 0.25) is 0 Å². The minimum absolute atomic E-state index is 0.0565. The van der Waals surface area contributed by atoms with E-state index in [0.717, 1.165) is 38.2 Å². The summed E-state index contributed by atoms with van der Waals surface area (Å²) < 4.78 is 2.15. The molecule has 1 unspecified atom stereocenters. The van der Waals surface area contributed by atoms with Crippen LogP contribution in [0.4, 0.5) is 0 Å². The van der Waals surface area contributed by atoms with Gasteiger partial charge in [0.05, 0.1) is 0 Å². The number of nitrogens with zero attached hydrogens (tertiary/aromatic N) is 1. The molecular formula is C16H27N3O. The average Bonchev–Trinajstić information content (AvgIpc) is 2.94. The van der Waals surface area contributed by atoms with E-state index in [4.69, 9.17) is 0 Å². The second-order valence-electron chi connectivity index (χ2n) is 6.21. The lowest BCUT2D eigenvalue weighted by molar-refractivity contribution is 0.0932. The molecule has 1 saturated heterocycles. The van der Waals surface area contributed by atoms with Crippen LogP contribution in [-0.4, -0.2) is 30.1 Å². The van der Waals surface area contributed by atoms with Crippen molar-refractivity contribution < 1.29 is 4.79 Å². The molecule has 0 radical (unpaired) electrons. The molecule has 0 bridgehead atoms. The number of amides is 1. The molecule has 2 rings (SSSR count). The molecule has 2 heterocycles. The Morgan fingerprint density at radius 3 is 2.75 bits per heavy atom. The molecule has 4 heteroatoms. The molecule has 1 aliphatic rings. The van der Waals surface area contributed by atoms with Crippen molar-refractivity contribution in [2.24, 2.45) is 11.8 Å². The zero-order valence-corrected chi connectivity index (χ0v) is 12.9. The molecule has 0 aliphatic carbocycles. The normalized spacial score (nSPS) is 18.2. The molecule has 1 amide bonds. The minimum Gasteiger partial charge on any atom is -0.350 e. The third-order valence-corrected chi connectivity index (χ3v) is 4.44. The molecule has 0 saturated carbocycles. The standard InChI is InChI=1S/C16H27N3O/c1-12(2)13(3)11-18-16(20)15-5-4-10-19(15)14-6-8-17-9-7-14/h4-5,10,12-14,17H,6-9,11H2,1-3H3,(H,18,20). The summed E-state index contributed by atoms with van der Waals surface area (Å²) in [4.78, 5) is 12.3. The summed E-state index contributed by atoms with van der Waals surface area (Å²) in [7, 11) is 0. The van der Waals surface area contributed by atoms with Gasteiger partial charge in [-0.1, -0.05) is 20.8 Å². The molecule has 1 atom stereocenters. The van der Waals surface area contributed by atoms with E-state index < -0.39 is 0 Å². The van der Waals surface area contributed by atoms with Gasteiger partial charge in [-0.3, -0.25) is 4.79 Å². The summed E-state index contributed by atoms with van der Waals surface area (Å²) in [6, 6.07) is 4.36. The van der Waals surface area contributed by atoms with Crippen molar-refractivity contribution in [3.63, 3.8) is 0 Å². The number of aromatic nitrogens is 1. The van der Waals surface area contributed by atoms with Crippen LogP contribution < -0.4 is 10.6 Å². The van der Waals surface area contributed by atoms with Gasteiger partial charge in [-0.25, -0.2) is 0 Å². The Labute approximate surface area is 121 Å². The lowest BCUT2D eigenvalue weighted by Gasteiger charge is -2.26. The molecule has 1 aromatic heterocycles. The van der Waals surface area contributed by atoms with Crippen molar-refractivity contribution in [2.45, 2.75) is 39.7 Å². The van der Waals surface area contributed by atoms with Crippen LogP contribution in [0.5, 0.6) is 0 Å². The Kier molecular flexibility index (Phi) is 5.24. The molecular weight excluding hydrogens is 250 g/mol. The highest BCUT2D eigenvalue weighted by Gasteiger charge is 2.20. The van der Waals surface area contributed by atoms with Crippen molar-refractivity contribution in [1.29, 1.82) is 0 Å². The summed E-state index contributed by atoms with van der Waals surface area (Å²) in [5, 5.41) is 6.43. The molecule has 4 nitrogen and oxygen atoms in total. The Hall–Kier alpha value is -1.29. The van der Waals surface area contributed by atoms with E-state index in [2.05, 4.69) is 36.0 Å². The predicted octanol–water partition coefficient (Wildman–Crippen LogP) is 2.43. The maximum atomic E-state index is 12.3. The van der Waals surface area contributed by atoms with Crippen molar-refractivity contribution in [3.05, 3.63) is 24.0 Å². The highest BCUT2D eigenvalue weighted by molar-refractivity contribution is 5.92. The molecule has 1 aromatic rings. The molecule has 1 aliphatic heterocycles. The number of piperidine rings is 1. The van der Waals surface area contributed by atoms with Gasteiger partial charge < -0.3 is 15.2 Å². The molecule has 2 N–H and O–H groups in total. The van der Waals surface area contributed by atoms with E-state index in [1.165, 1.54) is 0 Å². The van der Waals surface area contributed by atoms with Gasteiger partial charge in [0.2, 0.25) is 0 Å². The van der Waals surface area contributed by atoms with Crippen LogP contribution in [0.25, 0.3) is 0 Å². The molecule has 112 valence electrons. The lowest BCUT2D eigenvalue weighted by Crippen LogP contribution is -2.34. The van der Waals surface area contributed by atoms with Crippen LogP contribution in [0, 0.1) is 11.8 Å². The third-order valence-electron chi connectivity index (χ3n) is 4.44. The van der Waals surface area contributed by atoms with Crippen molar-refractivity contribution in [2.75, 3.05) is 19.6 Å². The third kappa shape index (κ3) is 3.63. The summed E-state index contributed by atoms with van der Waals surface area (Å²) in [6.07, 6.45) is 4.23. The quantitative estimate of drug-likeness (QED) is 0.868. The maximum absolute atomic E-state index is 12.3. The zero-order valence-electron chi connectivity index (χ0n) is 12.9. The number of carbonyl (C=O) groups is 1. The molecule has 0 aromatic carbocycles. The highest BCUT2D eigenvalue weighted by Crippen LogP contribution is 2.21. The molecule has 20 heavy (non-hydrogen) atoms. The Balaban J connectivity index is 1.98. The average molecular weight is 277 g/mol. The minimum atomic E-state index is 0.0565. The van der Waals surface area contributed by atoms with Gasteiger partial charge in [0.25, 0.3) is 5.91 Å². The Bertz CT molecular complexity index is 433. The van der Waals surface area contributed by atoms with Gasteiger partial charge in [0.15, 0.2) is 0 Å². The van der Waals surface area contributed by atoms with Crippen molar-refractivity contribution >= 4 is 5.91 Å². The Morgan fingerprint density at radius 1 is 1.40 bits per heavy atom. The summed E-state index contributed by atoms with van der Waals surface area (Å²) in [5.41, 5.74) is 0.799. The van der Waals surface area contributed by atoms with E-state index in [-0.39, 0.29) is 5.91 Å². The van der Waals surface area contributed by atoms with E-state index >= 15 is 0 Å².